The summed E-state index contributed by atoms with van der Waals surface area (Å²) in [6.07, 6.45) is 0. The van der Waals surface area contributed by atoms with E-state index in [9.17, 15) is 20.7 Å². The average molecular weight is 309 g/mol. The van der Waals surface area contributed by atoms with E-state index < -0.39 is 25.1 Å². The topological polar surface area (TPSA) is 80.3 Å². The van der Waals surface area contributed by atoms with Gasteiger partial charge in [-0.25, -0.2) is 13.1 Å². The molecule has 19 heavy (non-hydrogen) atoms. The fraction of sp³-hybridized carbons (Fsp3) is 0.455. The van der Waals surface area contributed by atoms with Crippen molar-refractivity contribution in [3.05, 3.63) is 24.3 Å². The Kier molecular flexibility index (Phi) is 4.38. The van der Waals surface area contributed by atoms with Crippen molar-refractivity contribution in [1.82, 2.24) is 4.72 Å². The number of benzene rings is 1. The van der Waals surface area contributed by atoms with Crippen LogP contribution in [0.3, 0.4) is 0 Å². The van der Waals surface area contributed by atoms with Gasteiger partial charge in [0, 0.05) is 6.54 Å². The van der Waals surface area contributed by atoms with Crippen LogP contribution < -0.4 is 4.72 Å². The fourth-order valence-corrected chi connectivity index (χ4v) is 2.92. The van der Waals surface area contributed by atoms with E-state index in [1.807, 2.05) is 20.8 Å². The third-order valence-electron chi connectivity index (χ3n) is 2.21. The van der Waals surface area contributed by atoms with Gasteiger partial charge in [-0.1, -0.05) is 20.8 Å². The largest absolute Gasteiger partial charge is 0.332 e. The van der Waals surface area contributed by atoms with E-state index in [2.05, 4.69) is 4.72 Å². The molecule has 0 atom stereocenters. The molecule has 0 saturated heterocycles. The van der Waals surface area contributed by atoms with Crippen LogP contribution in [0.25, 0.3) is 0 Å². The van der Waals surface area contributed by atoms with Crippen LogP contribution in [0.4, 0.5) is 3.89 Å². The summed E-state index contributed by atoms with van der Waals surface area (Å²) >= 11 is 0. The Morgan fingerprint density at radius 2 is 1.42 bits per heavy atom. The summed E-state index contributed by atoms with van der Waals surface area (Å²) in [6, 6.07) is 3.94. The summed E-state index contributed by atoms with van der Waals surface area (Å²) in [7, 11) is -8.54. The second-order valence-electron chi connectivity index (χ2n) is 5.29. The van der Waals surface area contributed by atoms with E-state index in [4.69, 9.17) is 0 Å². The molecule has 0 amide bonds. The molecule has 1 aromatic rings. The highest BCUT2D eigenvalue weighted by Crippen LogP contribution is 2.17. The minimum Gasteiger partial charge on any atom is -0.211 e. The van der Waals surface area contributed by atoms with Crippen LogP contribution in [-0.4, -0.2) is 23.4 Å². The quantitative estimate of drug-likeness (QED) is 0.858. The number of hydrogen-bond acceptors (Lipinski definition) is 4. The Balaban J connectivity index is 2.98. The highest BCUT2D eigenvalue weighted by atomic mass is 32.3. The number of hydrogen-bond donors (Lipinski definition) is 1. The summed E-state index contributed by atoms with van der Waals surface area (Å²) in [4.78, 5) is -0.675. The average Bonchev–Trinajstić information content (AvgIpc) is 2.25. The summed E-state index contributed by atoms with van der Waals surface area (Å²) in [5.74, 6) is 0. The monoisotopic (exact) mass is 309 g/mol. The maximum atomic E-state index is 12.7. The lowest BCUT2D eigenvalue weighted by Crippen LogP contribution is -2.32. The minimum atomic E-state index is -4.82. The fourth-order valence-electron chi connectivity index (χ4n) is 1.18. The first-order valence-electron chi connectivity index (χ1n) is 5.46. The van der Waals surface area contributed by atoms with Crippen molar-refractivity contribution in [3.8, 4) is 0 Å². The van der Waals surface area contributed by atoms with Gasteiger partial charge >= 0.3 is 10.2 Å². The first-order chi connectivity index (χ1) is 8.42. The van der Waals surface area contributed by atoms with Crippen LogP contribution in [0.5, 0.6) is 0 Å². The maximum Gasteiger partial charge on any atom is 0.332 e. The van der Waals surface area contributed by atoms with E-state index in [0.717, 1.165) is 24.3 Å². The highest BCUT2D eigenvalue weighted by molar-refractivity contribution is 7.89. The van der Waals surface area contributed by atoms with Gasteiger partial charge in [-0.15, -0.1) is 3.89 Å². The number of halogens is 1. The molecule has 0 saturated carbocycles. The SMILES string of the molecule is CC(C)(C)CNS(=O)(=O)c1ccc(S(=O)(=O)F)cc1. The molecule has 0 unspecified atom stereocenters. The number of nitrogens with one attached hydrogen (secondary N) is 1. The Morgan fingerprint density at radius 3 is 1.79 bits per heavy atom. The molecule has 0 bridgehead atoms. The lowest BCUT2D eigenvalue weighted by molar-refractivity contribution is 0.407. The molecule has 5 nitrogen and oxygen atoms in total. The Labute approximate surface area is 113 Å². The molecule has 0 fully saturated rings. The van der Waals surface area contributed by atoms with Crippen molar-refractivity contribution < 1.29 is 20.7 Å². The molecule has 108 valence electrons. The second kappa shape index (κ2) is 5.18. The van der Waals surface area contributed by atoms with Crippen molar-refractivity contribution in [1.29, 1.82) is 0 Å². The molecule has 0 aliphatic rings. The van der Waals surface area contributed by atoms with E-state index in [1.54, 1.807) is 0 Å². The van der Waals surface area contributed by atoms with Crippen molar-refractivity contribution in [3.63, 3.8) is 0 Å². The van der Waals surface area contributed by atoms with Crippen molar-refractivity contribution >= 4 is 20.2 Å². The predicted octanol–water partition coefficient (Wildman–Crippen LogP) is 1.67. The van der Waals surface area contributed by atoms with Gasteiger partial charge in [0.1, 0.15) is 0 Å². The van der Waals surface area contributed by atoms with Crippen molar-refractivity contribution in [2.45, 2.75) is 30.6 Å². The first kappa shape index (κ1) is 16.1. The molecular weight excluding hydrogens is 293 g/mol. The summed E-state index contributed by atoms with van der Waals surface area (Å²) in [6.45, 7) is 5.84. The predicted molar refractivity (Wildman–Crippen MR) is 69.4 cm³/mol. The van der Waals surface area contributed by atoms with Crippen LogP contribution in [0.2, 0.25) is 0 Å². The van der Waals surface area contributed by atoms with Gasteiger partial charge in [-0.05, 0) is 29.7 Å². The van der Waals surface area contributed by atoms with Gasteiger partial charge in [0.15, 0.2) is 0 Å². The Bertz CT molecular complexity index is 643. The second-order valence-corrected chi connectivity index (χ2v) is 8.41. The summed E-state index contributed by atoms with van der Waals surface area (Å²) in [5, 5.41) is 0. The lowest BCUT2D eigenvalue weighted by Gasteiger charge is -2.18. The van der Waals surface area contributed by atoms with E-state index >= 15 is 0 Å². The van der Waals surface area contributed by atoms with Crippen LogP contribution >= 0.6 is 0 Å². The first-order valence-corrected chi connectivity index (χ1v) is 8.33. The van der Waals surface area contributed by atoms with Crippen LogP contribution in [0, 0.1) is 5.41 Å². The van der Waals surface area contributed by atoms with Crippen molar-refractivity contribution in [2.75, 3.05) is 6.54 Å². The molecule has 0 aliphatic carbocycles. The molecule has 0 aliphatic heterocycles. The third-order valence-corrected chi connectivity index (χ3v) is 4.46. The third kappa shape index (κ3) is 4.88. The Morgan fingerprint density at radius 1 is 1.00 bits per heavy atom. The van der Waals surface area contributed by atoms with Gasteiger partial charge in [0.05, 0.1) is 9.79 Å². The number of rotatable bonds is 4. The van der Waals surface area contributed by atoms with E-state index in [-0.39, 0.29) is 16.9 Å². The zero-order chi connectivity index (χ0) is 14.9. The minimum absolute atomic E-state index is 0.107. The van der Waals surface area contributed by atoms with E-state index in [0.29, 0.717) is 0 Å². The van der Waals surface area contributed by atoms with Gasteiger partial charge in [0.2, 0.25) is 10.0 Å². The molecule has 1 N–H and O–H groups in total. The molecule has 0 radical (unpaired) electrons. The van der Waals surface area contributed by atoms with Crippen LogP contribution in [0.1, 0.15) is 20.8 Å². The van der Waals surface area contributed by atoms with Crippen molar-refractivity contribution in [2.24, 2.45) is 5.41 Å². The van der Waals surface area contributed by atoms with E-state index in [1.165, 1.54) is 0 Å². The molecule has 1 aromatic carbocycles. The molecule has 8 heteroatoms. The molecule has 0 aromatic heterocycles. The summed E-state index contributed by atoms with van der Waals surface area (Å²) in [5.41, 5.74) is -0.227. The smallest absolute Gasteiger partial charge is 0.211 e. The summed E-state index contributed by atoms with van der Waals surface area (Å²) < 4.78 is 60.1. The number of sulfonamides is 1. The van der Waals surface area contributed by atoms with Gasteiger partial charge in [0.25, 0.3) is 0 Å². The molecular formula is C11H16FNO4S2. The zero-order valence-corrected chi connectivity index (χ0v) is 12.5. The standard InChI is InChI=1S/C11H16FNO4S2/c1-11(2,3)8-13-19(16,17)10-6-4-9(5-7-10)18(12,14)15/h4-7,13H,8H2,1-3H3. The Hall–Kier alpha value is -0.990. The highest BCUT2D eigenvalue weighted by Gasteiger charge is 2.19. The molecule has 0 heterocycles. The van der Waals surface area contributed by atoms with Crippen LogP contribution in [-0.2, 0) is 20.2 Å². The molecule has 0 spiro atoms. The van der Waals surface area contributed by atoms with Gasteiger partial charge in [-0.2, -0.15) is 8.42 Å². The maximum absolute atomic E-state index is 12.7. The zero-order valence-electron chi connectivity index (χ0n) is 10.8. The van der Waals surface area contributed by atoms with Gasteiger partial charge in [-0.3, -0.25) is 0 Å². The normalized spacial score (nSPS) is 13.5. The van der Waals surface area contributed by atoms with Crippen LogP contribution in [0.15, 0.2) is 34.1 Å². The molecule has 1 rings (SSSR count). The van der Waals surface area contributed by atoms with Gasteiger partial charge < -0.3 is 0 Å². The lowest BCUT2D eigenvalue weighted by atomic mass is 9.98.